The van der Waals surface area contributed by atoms with Gasteiger partial charge in [-0.3, -0.25) is 0 Å². The summed E-state index contributed by atoms with van der Waals surface area (Å²) in [5.74, 6) is 0.463. The third-order valence-corrected chi connectivity index (χ3v) is 3.87. The van der Waals surface area contributed by atoms with Crippen LogP contribution >= 0.6 is 0 Å². The molecular formula is C17H20N2O3. The van der Waals surface area contributed by atoms with Crippen molar-refractivity contribution in [1.82, 2.24) is 10.3 Å². The highest BCUT2D eigenvalue weighted by molar-refractivity contribution is 6.05. The van der Waals surface area contributed by atoms with Gasteiger partial charge in [-0.2, -0.15) is 0 Å². The molecule has 0 unspecified atom stereocenters. The molecule has 0 amide bonds. The predicted molar refractivity (Wildman–Crippen MR) is 86.3 cm³/mol. The van der Waals surface area contributed by atoms with Gasteiger partial charge in [0.15, 0.2) is 0 Å². The number of fused-ring (bicyclic) bond motifs is 1. The van der Waals surface area contributed by atoms with Crippen molar-refractivity contribution in [2.45, 2.75) is 13.3 Å². The lowest BCUT2D eigenvalue weighted by molar-refractivity contribution is 0.0520. The van der Waals surface area contributed by atoms with Gasteiger partial charge in [-0.05, 0) is 43.7 Å². The number of aromatic nitrogens is 1. The number of nitrogens with one attached hydrogen (secondary N) is 2. The van der Waals surface area contributed by atoms with Crippen LogP contribution in [0.25, 0.3) is 16.5 Å². The molecule has 1 aromatic heterocycles. The molecule has 0 atom stereocenters. The molecule has 1 aliphatic heterocycles. The maximum atomic E-state index is 12.3. The molecule has 0 spiro atoms. The molecule has 0 bridgehead atoms. The molecule has 1 aliphatic rings. The van der Waals surface area contributed by atoms with E-state index < -0.39 is 0 Å². The number of carbonyl (C=O) groups excluding carboxylic acids is 1. The summed E-state index contributed by atoms with van der Waals surface area (Å²) in [7, 11) is 1.64. The fourth-order valence-electron chi connectivity index (χ4n) is 2.84. The summed E-state index contributed by atoms with van der Waals surface area (Å²) in [5.41, 5.74) is 3.55. The number of hydrogen-bond donors (Lipinski definition) is 2. The molecule has 2 aromatic rings. The van der Waals surface area contributed by atoms with Crippen LogP contribution in [0.15, 0.2) is 24.3 Å². The van der Waals surface area contributed by atoms with E-state index in [4.69, 9.17) is 9.47 Å². The second-order valence-corrected chi connectivity index (χ2v) is 5.19. The number of ether oxygens (including phenoxy) is 2. The van der Waals surface area contributed by atoms with Gasteiger partial charge in [0, 0.05) is 23.0 Å². The Kier molecular flexibility index (Phi) is 4.15. The van der Waals surface area contributed by atoms with E-state index in [0.29, 0.717) is 12.3 Å². The van der Waals surface area contributed by atoms with Crippen molar-refractivity contribution in [2.75, 3.05) is 26.8 Å². The molecule has 0 fully saturated rings. The minimum Gasteiger partial charge on any atom is -0.497 e. The van der Waals surface area contributed by atoms with Gasteiger partial charge in [0.1, 0.15) is 11.4 Å². The molecule has 22 heavy (non-hydrogen) atoms. The second-order valence-electron chi connectivity index (χ2n) is 5.19. The second kappa shape index (κ2) is 6.23. The van der Waals surface area contributed by atoms with Crippen molar-refractivity contribution >= 4 is 22.4 Å². The van der Waals surface area contributed by atoms with Gasteiger partial charge in [-0.1, -0.05) is 6.08 Å². The molecule has 0 saturated heterocycles. The SMILES string of the molecule is CCOC(=O)c1[nH]c2ccc(OC)cc2c1C1=CCNCC1. The minimum absolute atomic E-state index is 0.313. The number of benzene rings is 1. The number of carbonyl (C=O) groups is 1. The fourth-order valence-corrected chi connectivity index (χ4v) is 2.84. The van der Waals surface area contributed by atoms with Gasteiger partial charge in [0.25, 0.3) is 0 Å². The van der Waals surface area contributed by atoms with Crippen LogP contribution in [-0.4, -0.2) is 37.8 Å². The van der Waals surface area contributed by atoms with Crippen molar-refractivity contribution in [3.63, 3.8) is 0 Å². The Labute approximate surface area is 129 Å². The maximum Gasteiger partial charge on any atom is 0.355 e. The lowest BCUT2D eigenvalue weighted by Crippen LogP contribution is -2.20. The first-order valence-corrected chi connectivity index (χ1v) is 7.51. The van der Waals surface area contributed by atoms with E-state index in [1.807, 2.05) is 25.1 Å². The molecule has 1 aromatic carbocycles. The van der Waals surface area contributed by atoms with Gasteiger partial charge < -0.3 is 19.8 Å². The van der Waals surface area contributed by atoms with E-state index in [9.17, 15) is 4.79 Å². The number of esters is 1. The third-order valence-electron chi connectivity index (χ3n) is 3.87. The molecule has 5 nitrogen and oxygen atoms in total. The summed E-state index contributed by atoms with van der Waals surface area (Å²) < 4.78 is 10.5. The summed E-state index contributed by atoms with van der Waals surface area (Å²) in [5, 5.41) is 4.29. The fraction of sp³-hybridized carbons (Fsp3) is 0.353. The number of aromatic amines is 1. The van der Waals surface area contributed by atoms with Crippen LogP contribution < -0.4 is 10.1 Å². The first-order valence-electron chi connectivity index (χ1n) is 7.51. The Balaban J connectivity index is 2.20. The van der Waals surface area contributed by atoms with Crippen LogP contribution in [0.5, 0.6) is 5.75 Å². The van der Waals surface area contributed by atoms with Crippen molar-refractivity contribution in [2.24, 2.45) is 0 Å². The largest absolute Gasteiger partial charge is 0.497 e. The zero-order valence-corrected chi connectivity index (χ0v) is 12.9. The van der Waals surface area contributed by atoms with Crippen LogP contribution in [0.1, 0.15) is 29.4 Å². The van der Waals surface area contributed by atoms with Crippen molar-refractivity contribution in [3.8, 4) is 5.75 Å². The van der Waals surface area contributed by atoms with Gasteiger partial charge in [-0.25, -0.2) is 4.79 Å². The lowest BCUT2D eigenvalue weighted by Gasteiger charge is -2.15. The van der Waals surface area contributed by atoms with E-state index in [1.165, 1.54) is 5.57 Å². The van der Waals surface area contributed by atoms with E-state index in [-0.39, 0.29) is 5.97 Å². The normalized spacial score (nSPS) is 14.7. The summed E-state index contributed by atoms with van der Waals surface area (Å²) >= 11 is 0. The summed E-state index contributed by atoms with van der Waals surface area (Å²) in [6.07, 6.45) is 3.02. The van der Waals surface area contributed by atoms with Crippen LogP contribution in [0.4, 0.5) is 0 Å². The Bertz CT molecular complexity index is 731. The standard InChI is InChI=1S/C17H20N2O3/c1-3-22-17(20)16-15(11-6-8-18-9-7-11)13-10-12(21-2)4-5-14(13)19-16/h4-6,10,18-19H,3,7-9H2,1-2H3. The lowest BCUT2D eigenvalue weighted by atomic mass is 9.97. The molecule has 2 N–H and O–H groups in total. The minimum atomic E-state index is -0.313. The third kappa shape index (κ3) is 2.60. The zero-order chi connectivity index (χ0) is 15.5. The Morgan fingerprint density at radius 1 is 1.36 bits per heavy atom. The van der Waals surface area contributed by atoms with Gasteiger partial charge in [-0.15, -0.1) is 0 Å². The maximum absolute atomic E-state index is 12.3. The smallest absolute Gasteiger partial charge is 0.355 e. The molecule has 2 heterocycles. The molecule has 5 heteroatoms. The highest BCUT2D eigenvalue weighted by atomic mass is 16.5. The number of rotatable bonds is 4. The van der Waals surface area contributed by atoms with Gasteiger partial charge in [0.05, 0.1) is 13.7 Å². The predicted octanol–water partition coefficient (Wildman–Crippen LogP) is 2.73. The highest BCUT2D eigenvalue weighted by Crippen LogP contribution is 2.34. The molecule has 0 saturated carbocycles. The van der Waals surface area contributed by atoms with Crippen molar-refractivity contribution < 1.29 is 14.3 Å². The molecule has 0 aliphatic carbocycles. The van der Waals surface area contributed by atoms with Crippen LogP contribution in [0.3, 0.4) is 0 Å². The Hall–Kier alpha value is -2.27. The molecule has 3 rings (SSSR count). The quantitative estimate of drug-likeness (QED) is 0.852. The highest BCUT2D eigenvalue weighted by Gasteiger charge is 2.22. The first-order chi connectivity index (χ1) is 10.7. The Morgan fingerprint density at radius 3 is 2.91 bits per heavy atom. The average molecular weight is 300 g/mol. The average Bonchev–Trinajstić information content (AvgIpc) is 2.94. The van der Waals surface area contributed by atoms with Gasteiger partial charge >= 0.3 is 5.97 Å². The van der Waals surface area contributed by atoms with Gasteiger partial charge in [0.2, 0.25) is 0 Å². The van der Waals surface area contributed by atoms with E-state index in [2.05, 4.69) is 16.4 Å². The van der Waals surface area contributed by atoms with Crippen LogP contribution in [0.2, 0.25) is 0 Å². The van der Waals surface area contributed by atoms with Crippen molar-refractivity contribution in [3.05, 3.63) is 35.5 Å². The summed E-state index contributed by atoms with van der Waals surface area (Å²) in [6.45, 7) is 3.89. The molecule has 116 valence electrons. The molecule has 0 radical (unpaired) electrons. The number of H-pyrrole nitrogens is 1. The van der Waals surface area contributed by atoms with Crippen molar-refractivity contribution in [1.29, 1.82) is 0 Å². The summed E-state index contributed by atoms with van der Waals surface area (Å²) in [6, 6.07) is 5.78. The Morgan fingerprint density at radius 2 is 2.23 bits per heavy atom. The van der Waals surface area contributed by atoms with Crippen LogP contribution in [-0.2, 0) is 4.74 Å². The monoisotopic (exact) mass is 300 g/mol. The first kappa shape index (κ1) is 14.7. The number of hydrogen-bond acceptors (Lipinski definition) is 4. The summed E-state index contributed by atoms with van der Waals surface area (Å²) in [4.78, 5) is 15.5. The van der Waals surface area contributed by atoms with E-state index >= 15 is 0 Å². The van der Waals surface area contributed by atoms with E-state index in [1.54, 1.807) is 7.11 Å². The topological polar surface area (TPSA) is 63.4 Å². The molecular weight excluding hydrogens is 280 g/mol. The number of methoxy groups -OCH3 is 1. The zero-order valence-electron chi connectivity index (χ0n) is 12.9. The van der Waals surface area contributed by atoms with E-state index in [0.717, 1.165) is 41.7 Å². The van der Waals surface area contributed by atoms with Crippen LogP contribution in [0, 0.1) is 0 Å².